The molecule has 1 saturated carbocycles. The molecule has 0 radical (unpaired) electrons. The number of pyridine rings is 1. The molecule has 2 aliphatic carbocycles. The van der Waals surface area contributed by atoms with Gasteiger partial charge in [0.05, 0.1) is 11.7 Å². The molecule has 0 bridgehead atoms. The Morgan fingerprint density at radius 1 is 1.28 bits per heavy atom. The van der Waals surface area contributed by atoms with Crippen molar-refractivity contribution in [1.82, 2.24) is 10.3 Å². The first kappa shape index (κ1) is 16.7. The number of aryl methyl sites for hydroxylation is 1. The zero-order valence-electron chi connectivity index (χ0n) is 14.3. The number of thiophene rings is 1. The Balaban J connectivity index is 1.50. The highest BCUT2D eigenvalue weighted by molar-refractivity contribution is 7.10. The van der Waals surface area contributed by atoms with Crippen LogP contribution in [0.4, 0.5) is 0 Å². The van der Waals surface area contributed by atoms with Crippen LogP contribution in [-0.2, 0) is 19.3 Å². The highest BCUT2D eigenvalue weighted by Gasteiger charge is 2.35. The van der Waals surface area contributed by atoms with Gasteiger partial charge in [-0.25, -0.2) is 0 Å². The van der Waals surface area contributed by atoms with Gasteiger partial charge in [-0.05, 0) is 74.1 Å². The van der Waals surface area contributed by atoms with E-state index in [9.17, 15) is 9.90 Å². The number of aliphatic hydroxyl groups is 1. The highest BCUT2D eigenvalue weighted by atomic mass is 32.1. The summed E-state index contributed by atoms with van der Waals surface area (Å²) in [5, 5.41) is 15.0. The van der Waals surface area contributed by atoms with Crippen LogP contribution in [0.1, 0.15) is 52.0 Å². The Hall–Kier alpha value is -1.72. The molecule has 25 heavy (non-hydrogen) atoms. The monoisotopic (exact) mass is 356 g/mol. The molecule has 0 aliphatic heterocycles. The summed E-state index contributed by atoms with van der Waals surface area (Å²) in [5.74, 6) is 0.404. The van der Waals surface area contributed by atoms with Crippen LogP contribution in [0, 0.1) is 5.92 Å². The first-order valence-electron chi connectivity index (χ1n) is 9.18. The van der Waals surface area contributed by atoms with E-state index >= 15 is 0 Å². The van der Waals surface area contributed by atoms with Crippen molar-refractivity contribution in [2.45, 2.75) is 57.1 Å². The molecule has 2 aromatic rings. The van der Waals surface area contributed by atoms with Crippen molar-refractivity contribution in [3.05, 3.63) is 51.5 Å². The Bertz CT molecular complexity index is 737. The zero-order valence-corrected chi connectivity index (χ0v) is 15.1. The van der Waals surface area contributed by atoms with Gasteiger partial charge in [0.15, 0.2) is 0 Å². The molecule has 1 fully saturated rings. The number of hydrogen-bond acceptors (Lipinski definition) is 4. The van der Waals surface area contributed by atoms with E-state index in [4.69, 9.17) is 0 Å². The van der Waals surface area contributed by atoms with Crippen LogP contribution in [0.2, 0.25) is 0 Å². The van der Waals surface area contributed by atoms with Crippen LogP contribution >= 0.6 is 11.3 Å². The van der Waals surface area contributed by atoms with Gasteiger partial charge in [0.25, 0.3) is 5.91 Å². The van der Waals surface area contributed by atoms with E-state index in [1.165, 1.54) is 28.8 Å². The third kappa shape index (κ3) is 3.62. The number of carbonyl (C=O) groups is 1. The van der Waals surface area contributed by atoms with Crippen LogP contribution in [0.15, 0.2) is 29.9 Å². The van der Waals surface area contributed by atoms with Gasteiger partial charge in [0.1, 0.15) is 0 Å². The molecule has 0 spiro atoms. The minimum absolute atomic E-state index is 0.0554. The van der Waals surface area contributed by atoms with Gasteiger partial charge in [0, 0.05) is 28.7 Å². The molecule has 2 aromatic heterocycles. The number of carbonyl (C=O) groups excluding carboxylic acids is 1. The fourth-order valence-corrected chi connectivity index (χ4v) is 5.12. The lowest BCUT2D eigenvalue weighted by molar-refractivity contribution is 0.0239. The number of fused-ring (bicyclic) bond motifs is 1. The van der Waals surface area contributed by atoms with Gasteiger partial charge in [-0.15, -0.1) is 11.3 Å². The van der Waals surface area contributed by atoms with E-state index in [1.807, 2.05) is 17.5 Å². The Morgan fingerprint density at radius 2 is 2.04 bits per heavy atom. The maximum Gasteiger partial charge on any atom is 0.252 e. The third-order valence-electron chi connectivity index (χ3n) is 5.55. The summed E-state index contributed by atoms with van der Waals surface area (Å²) in [5.41, 5.74) is 3.32. The maximum absolute atomic E-state index is 12.9. The average molecular weight is 356 g/mol. The van der Waals surface area contributed by atoms with Gasteiger partial charge < -0.3 is 10.4 Å². The molecule has 2 N–H and O–H groups in total. The van der Waals surface area contributed by atoms with E-state index < -0.39 is 0 Å². The molecule has 0 unspecified atom stereocenters. The summed E-state index contributed by atoms with van der Waals surface area (Å²) in [6.45, 7) is 0. The van der Waals surface area contributed by atoms with Crippen molar-refractivity contribution in [2.24, 2.45) is 5.92 Å². The number of hydrogen-bond donors (Lipinski definition) is 2. The maximum atomic E-state index is 12.9. The van der Waals surface area contributed by atoms with E-state index in [-0.39, 0.29) is 18.1 Å². The van der Waals surface area contributed by atoms with Crippen LogP contribution in [0.5, 0.6) is 0 Å². The molecule has 1 amide bonds. The summed E-state index contributed by atoms with van der Waals surface area (Å²) in [6.07, 6.45) is 10.3. The molecule has 0 saturated heterocycles. The van der Waals surface area contributed by atoms with Crippen LogP contribution in [-0.4, -0.2) is 28.1 Å². The van der Waals surface area contributed by atoms with Crippen molar-refractivity contribution in [3.8, 4) is 0 Å². The van der Waals surface area contributed by atoms with Gasteiger partial charge >= 0.3 is 0 Å². The Kier molecular flexibility index (Phi) is 4.86. The quantitative estimate of drug-likeness (QED) is 0.865. The van der Waals surface area contributed by atoms with E-state index in [0.29, 0.717) is 5.92 Å². The molecule has 4 nitrogen and oxygen atoms in total. The molecule has 5 heteroatoms. The van der Waals surface area contributed by atoms with Crippen molar-refractivity contribution < 1.29 is 9.90 Å². The Labute approximate surface area is 152 Å². The largest absolute Gasteiger partial charge is 0.393 e. The normalized spacial score (nSPS) is 23.4. The lowest BCUT2D eigenvalue weighted by atomic mass is 9.75. The molecule has 2 aliphatic rings. The second-order valence-corrected chi connectivity index (χ2v) is 8.25. The minimum atomic E-state index is -0.212. The lowest BCUT2D eigenvalue weighted by Crippen LogP contribution is -2.48. The van der Waals surface area contributed by atoms with E-state index in [2.05, 4.69) is 10.3 Å². The van der Waals surface area contributed by atoms with Gasteiger partial charge in [-0.1, -0.05) is 0 Å². The average Bonchev–Trinajstić information content (AvgIpc) is 3.03. The predicted molar refractivity (Wildman–Crippen MR) is 98.9 cm³/mol. The fraction of sp³-hybridized carbons (Fsp3) is 0.500. The lowest BCUT2D eigenvalue weighted by Gasteiger charge is -2.38. The first-order chi connectivity index (χ1) is 12.2. The smallest absolute Gasteiger partial charge is 0.252 e. The van der Waals surface area contributed by atoms with Crippen LogP contribution in [0.25, 0.3) is 0 Å². The van der Waals surface area contributed by atoms with Crippen molar-refractivity contribution >= 4 is 17.2 Å². The van der Waals surface area contributed by atoms with E-state index in [1.54, 1.807) is 23.7 Å². The van der Waals surface area contributed by atoms with Crippen LogP contribution in [0.3, 0.4) is 0 Å². The Morgan fingerprint density at radius 3 is 2.80 bits per heavy atom. The van der Waals surface area contributed by atoms with Crippen LogP contribution < -0.4 is 5.32 Å². The molecule has 2 heterocycles. The summed E-state index contributed by atoms with van der Waals surface area (Å²) in [7, 11) is 0. The van der Waals surface area contributed by atoms with Gasteiger partial charge in [-0.2, -0.15) is 0 Å². The first-order valence-corrected chi connectivity index (χ1v) is 10.1. The third-order valence-corrected chi connectivity index (χ3v) is 6.63. The van der Waals surface area contributed by atoms with Gasteiger partial charge in [-0.3, -0.25) is 9.78 Å². The summed E-state index contributed by atoms with van der Waals surface area (Å²) in [4.78, 5) is 18.4. The number of aromatic nitrogens is 1. The predicted octanol–water partition coefficient (Wildman–Crippen LogP) is 3.13. The standard InChI is InChI=1S/C20H24N2O2S/c23-15-10-14(11-15)18(9-13-5-7-21-8-6-13)22-20(24)17-12-25-19-4-2-1-3-16(17)19/h5-8,12,14-15,18,23H,1-4,9-11H2,(H,22,24)/t14?,15?,18-/m0/s1. The van der Waals surface area contributed by atoms with Crippen molar-refractivity contribution in [3.63, 3.8) is 0 Å². The molecule has 4 rings (SSSR count). The molecule has 1 atom stereocenters. The highest BCUT2D eigenvalue weighted by Crippen LogP contribution is 2.33. The van der Waals surface area contributed by atoms with Crippen molar-refractivity contribution in [1.29, 1.82) is 0 Å². The minimum Gasteiger partial charge on any atom is -0.393 e. The number of aliphatic hydroxyl groups excluding tert-OH is 1. The number of nitrogens with zero attached hydrogens (tertiary/aromatic N) is 1. The van der Waals surface area contributed by atoms with Crippen molar-refractivity contribution in [2.75, 3.05) is 0 Å². The van der Waals surface area contributed by atoms with Gasteiger partial charge in [0.2, 0.25) is 0 Å². The second-order valence-electron chi connectivity index (χ2n) is 7.28. The molecular formula is C20H24N2O2S. The molecular weight excluding hydrogens is 332 g/mol. The zero-order chi connectivity index (χ0) is 17.2. The molecule has 0 aromatic carbocycles. The topological polar surface area (TPSA) is 62.2 Å². The SMILES string of the molecule is O=C(N[C@@H](Cc1ccncc1)C1CC(O)C1)c1csc2c1CCCC2. The number of rotatable bonds is 5. The fourth-order valence-electron chi connectivity index (χ4n) is 4.00. The molecule has 132 valence electrons. The summed E-state index contributed by atoms with van der Waals surface area (Å²) >= 11 is 1.73. The second kappa shape index (κ2) is 7.26. The number of amides is 1. The number of nitrogens with one attached hydrogen (secondary N) is 1. The summed E-state index contributed by atoms with van der Waals surface area (Å²) in [6, 6.07) is 4.07. The summed E-state index contributed by atoms with van der Waals surface area (Å²) < 4.78 is 0. The van der Waals surface area contributed by atoms with E-state index in [0.717, 1.165) is 37.7 Å².